The molecule has 0 heterocycles. The Hall–Kier alpha value is -2.89. The molecule has 5 nitrogen and oxygen atoms in total. The Labute approximate surface area is 140 Å². The second-order valence-corrected chi connectivity index (χ2v) is 5.54. The number of anilines is 1. The van der Waals surface area contributed by atoms with Gasteiger partial charge in [0.15, 0.2) is 5.84 Å². The minimum atomic E-state index is -0.829. The third-order valence-electron chi connectivity index (χ3n) is 3.46. The number of nitrogens with one attached hydrogen (secondary N) is 1. The predicted octanol–water partition coefficient (Wildman–Crippen LogP) is 3.11. The number of hydrogen-bond acceptors (Lipinski definition) is 3. The highest BCUT2D eigenvalue weighted by atomic mass is 19.1. The van der Waals surface area contributed by atoms with Crippen LogP contribution in [0.15, 0.2) is 47.6 Å². The quantitative estimate of drug-likeness (QED) is 0.503. The molecule has 0 aliphatic rings. The van der Waals surface area contributed by atoms with Gasteiger partial charge in [-0.1, -0.05) is 22.9 Å². The summed E-state index contributed by atoms with van der Waals surface area (Å²) in [5.74, 6) is -0.632. The number of nitrogens with zero attached hydrogens (tertiary/aromatic N) is 1. The Balaban J connectivity index is 1.98. The maximum Gasteiger partial charge on any atom is 0.267 e. The SMILES string of the molecule is Cc1ccc(NC(=O)C(C)O/N=C(\N)c2ccc(F)cc2)c(C)c1. The number of aryl methyl sites for hydroxylation is 2. The zero-order valence-electron chi connectivity index (χ0n) is 13.8. The molecule has 1 atom stereocenters. The lowest BCUT2D eigenvalue weighted by atomic mass is 10.1. The molecule has 0 aliphatic heterocycles. The number of amidine groups is 1. The molecule has 1 unspecified atom stereocenters. The van der Waals surface area contributed by atoms with Gasteiger partial charge >= 0.3 is 0 Å². The van der Waals surface area contributed by atoms with Gasteiger partial charge in [-0.15, -0.1) is 0 Å². The summed E-state index contributed by atoms with van der Waals surface area (Å²) < 4.78 is 12.9. The van der Waals surface area contributed by atoms with E-state index in [1.54, 1.807) is 6.92 Å². The summed E-state index contributed by atoms with van der Waals surface area (Å²) in [5, 5.41) is 6.52. The number of rotatable bonds is 5. The molecule has 0 fully saturated rings. The first-order valence-corrected chi connectivity index (χ1v) is 7.50. The fraction of sp³-hybridized carbons (Fsp3) is 0.222. The Morgan fingerprint density at radius 2 is 1.88 bits per heavy atom. The van der Waals surface area contributed by atoms with Crippen molar-refractivity contribution in [3.05, 3.63) is 65.0 Å². The van der Waals surface area contributed by atoms with E-state index in [1.807, 2.05) is 32.0 Å². The lowest BCUT2D eigenvalue weighted by Gasteiger charge is -2.13. The van der Waals surface area contributed by atoms with Crippen molar-refractivity contribution < 1.29 is 14.0 Å². The van der Waals surface area contributed by atoms with E-state index in [9.17, 15) is 9.18 Å². The minimum absolute atomic E-state index is 0.0705. The number of oxime groups is 1. The van der Waals surface area contributed by atoms with Gasteiger partial charge in [0, 0.05) is 11.3 Å². The van der Waals surface area contributed by atoms with Crippen molar-refractivity contribution >= 4 is 17.4 Å². The molecule has 0 saturated heterocycles. The van der Waals surface area contributed by atoms with Gasteiger partial charge in [0.05, 0.1) is 0 Å². The lowest BCUT2D eigenvalue weighted by Crippen LogP contribution is -2.27. The molecule has 2 rings (SSSR count). The highest BCUT2D eigenvalue weighted by molar-refractivity contribution is 5.97. The number of carbonyl (C=O) groups is 1. The van der Waals surface area contributed by atoms with Gasteiger partial charge in [0.25, 0.3) is 5.91 Å². The van der Waals surface area contributed by atoms with Crippen LogP contribution in [0.3, 0.4) is 0 Å². The van der Waals surface area contributed by atoms with Gasteiger partial charge in [-0.25, -0.2) is 4.39 Å². The van der Waals surface area contributed by atoms with Crippen molar-refractivity contribution in [2.45, 2.75) is 26.9 Å². The smallest absolute Gasteiger partial charge is 0.267 e. The molecule has 6 heteroatoms. The van der Waals surface area contributed by atoms with Crippen molar-refractivity contribution in [3.63, 3.8) is 0 Å². The average molecular weight is 329 g/mol. The molecule has 126 valence electrons. The molecule has 1 amide bonds. The highest BCUT2D eigenvalue weighted by Gasteiger charge is 2.15. The fourth-order valence-electron chi connectivity index (χ4n) is 2.05. The molecule has 0 bridgehead atoms. The number of halogens is 1. The van der Waals surface area contributed by atoms with E-state index in [2.05, 4.69) is 10.5 Å². The van der Waals surface area contributed by atoms with Crippen LogP contribution in [0.1, 0.15) is 23.6 Å². The molecule has 0 saturated carbocycles. The standard InChI is InChI=1S/C18H20FN3O2/c1-11-4-9-16(12(2)10-11)21-18(23)13(3)24-22-17(20)14-5-7-15(19)8-6-14/h4-10,13H,1-3H3,(H2,20,22)(H,21,23). The first-order chi connectivity index (χ1) is 11.4. The summed E-state index contributed by atoms with van der Waals surface area (Å²) >= 11 is 0. The number of amides is 1. The highest BCUT2D eigenvalue weighted by Crippen LogP contribution is 2.16. The van der Waals surface area contributed by atoms with E-state index < -0.39 is 6.10 Å². The van der Waals surface area contributed by atoms with Crippen LogP contribution < -0.4 is 11.1 Å². The van der Waals surface area contributed by atoms with Crippen LogP contribution in [0, 0.1) is 19.7 Å². The van der Waals surface area contributed by atoms with E-state index >= 15 is 0 Å². The van der Waals surface area contributed by atoms with Gasteiger partial charge < -0.3 is 15.9 Å². The van der Waals surface area contributed by atoms with Crippen LogP contribution in [0.25, 0.3) is 0 Å². The number of nitrogens with two attached hydrogens (primary N) is 1. The Morgan fingerprint density at radius 3 is 2.50 bits per heavy atom. The normalized spacial score (nSPS) is 12.6. The molecule has 0 spiro atoms. The molecular weight excluding hydrogens is 309 g/mol. The summed E-state index contributed by atoms with van der Waals surface area (Å²) in [4.78, 5) is 17.3. The van der Waals surface area contributed by atoms with E-state index in [4.69, 9.17) is 10.6 Å². The molecule has 2 aromatic rings. The zero-order chi connectivity index (χ0) is 17.7. The van der Waals surface area contributed by atoms with Crippen LogP contribution in [-0.4, -0.2) is 17.8 Å². The first kappa shape index (κ1) is 17.5. The van der Waals surface area contributed by atoms with Gasteiger partial charge in [0.1, 0.15) is 5.82 Å². The van der Waals surface area contributed by atoms with Gasteiger partial charge in [-0.2, -0.15) is 0 Å². The van der Waals surface area contributed by atoms with Gasteiger partial charge in [-0.05, 0) is 56.7 Å². The first-order valence-electron chi connectivity index (χ1n) is 7.50. The van der Waals surface area contributed by atoms with Crippen LogP contribution in [0.4, 0.5) is 10.1 Å². The van der Waals surface area contributed by atoms with Gasteiger partial charge in [-0.3, -0.25) is 4.79 Å². The van der Waals surface area contributed by atoms with Crippen molar-refractivity contribution in [3.8, 4) is 0 Å². The molecule has 3 N–H and O–H groups in total. The molecule has 2 aromatic carbocycles. The number of hydrogen-bond donors (Lipinski definition) is 2. The summed E-state index contributed by atoms with van der Waals surface area (Å²) in [6, 6.07) is 11.2. The largest absolute Gasteiger partial charge is 0.381 e. The summed E-state index contributed by atoms with van der Waals surface area (Å²) in [6.07, 6.45) is -0.829. The van der Waals surface area contributed by atoms with E-state index in [0.29, 0.717) is 5.56 Å². The third-order valence-corrected chi connectivity index (χ3v) is 3.46. The second kappa shape index (κ2) is 7.59. The minimum Gasteiger partial charge on any atom is -0.381 e. The topological polar surface area (TPSA) is 76.7 Å². The molecule has 24 heavy (non-hydrogen) atoms. The monoisotopic (exact) mass is 329 g/mol. The summed E-state index contributed by atoms with van der Waals surface area (Å²) in [7, 11) is 0. The average Bonchev–Trinajstić information content (AvgIpc) is 2.55. The maximum atomic E-state index is 12.9. The van der Waals surface area contributed by atoms with Crippen LogP contribution in [0.5, 0.6) is 0 Å². The van der Waals surface area contributed by atoms with Crippen molar-refractivity contribution in [2.75, 3.05) is 5.32 Å². The van der Waals surface area contributed by atoms with E-state index in [1.165, 1.54) is 24.3 Å². The van der Waals surface area contributed by atoms with E-state index in [0.717, 1.165) is 16.8 Å². The van der Waals surface area contributed by atoms with Gasteiger partial charge in [0.2, 0.25) is 6.10 Å². The number of carbonyl (C=O) groups excluding carboxylic acids is 1. The lowest BCUT2D eigenvalue weighted by molar-refractivity contribution is -0.126. The molecule has 0 aliphatic carbocycles. The fourth-order valence-corrected chi connectivity index (χ4v) is 2.05. The second-order valence-electron chi connectivity index (χ2n) is 5.54. The van der Waals surface area contributed by atoms with Crippen LogP contribution in [-0.2, 0) is 9.63 Å². The van der Waals surface area contributed by atoms with Crippen molar-refractivity contribution in [1.82, 2.24) is 0 Å². The van der Waals surface area contributed by atoms with Crippen LogP contribution >= 0.6 is 0 Å². The summed E-state index contributed by atoms with van der Waals surface area (Å²) in [5.41, 5.74) is 9.07. The number of benzene rings is 2. The Kier molecular flexibility index (Phi) is 5.52. The summed E-state index contributed by atoms with van der Waals surface area (Å²) in [6.45, 7) is 5.47. The third kappa shape index (κ3) is 4.55. The Morgan fingerprint density at radius 1 is 1.21 bits per heavy atom. The van der Waals surface area contributed by atoms with Crippen molar-refractivity contribution in [1.29, 1.82) is 0 Å². The predicted molar refractivity (Wildman–Crippen MR) is 92.2 cm³/mol. The van der Waals surface area contributed by atoms with E-state index in [-0.39, 0.29) is 17.6 Å². The molecular formula is C18H20FN3O2. The Bertz CT molecular complexity index is 757. The van der Waals surface area contributed by atoms with Crippen LogP contribution in [0.2, 0.25) is 0 Å². The molecule has 0 aromatic heterocycles. The zero-order valence-corrected chi connectivity index (χ0v) is 13.8. The van der Waals surface area contributed by atoms with Crippen molar-refractivity contribution in [2.24, 2.45) is 10.9 Å². The maximum absolute atomic E-state index is 12.9. The molecule has 0 radical (unpaired) electrons.